The summed E-state index contributed by atoms with van der Waals surface area (Å²) in [6.45, 7) is 2.06. The van der Waals surface area contributed by atoms with Crippen LogP contribution in [0.2, 0.25) is 0 Å². The lowest BCUT2D eigenvalue weighted by Gasteiger charge is -2.00. The molecule has 0 aliphatic rings. The second kappa shape index (κ2) is 5.12. The quantitative estimate of drug-likeness (QED) is 0.763. The number of alkyl halides is 1. The maximum absolute atomic E-state index is 5.64. The second-order valence-corrected chi connectivity index (χ2v) is 4.16. The zero-order chi connectivity index (χ0) is 11.4. The summed E-state index contributed by atoms with van der Waals surface area (Å²) in [7, 11) is 0. The van der Waals surface area contributed by atoms with Crippen molar-refractivity contribution in [3.8, 4) is 5.69 Å². The van der Waals surface area contributed by atoms with Gasteiger partial charge in [0.1, 0.15) is 0 Å². The molecule has 0 aliphatic heterocycles. The molecule has 0 spiro atoms. The molecular weight excluding hydrogens is 222 g/mol. The summed E-state index contributed by atoms with van der Waals surface area (Å²) in [4.78, 5) is 0. The van der Waals surface area contributed by atoms with E-state index in [1.807, 2.05) is 18.3 Å². The molecule has 0 amide bonds. The zero-order valence-corrected chi connectivity index (χ0v) is 9.98. The minimum atomic E-state index is 0.664. The van der Waals surface area contributed by atoms with Gasteiger partial charge in [0, 0.05) is 5.88 Å². The highest BCUT2D eigenvalue weighted by Crippen LogP contribution is 2.09. The number of hydrogen-bond donors (Lipinski definition) is 0. The van der Waals surface area contributed by atoms with Gasteiger partial charge in [-0.3, -0.25) is 0 Å². The first kappa shape index (κ1) is 11.1. The molecule has 0 saturated carbocycles. The Bertz CT molecular complexity index is 465. The van der Waals surface area contributed by atoms with Crippen LogP contribution >= 0.6 is 11.6 Å². The molecule has 0 N–H and O–H groups in total. The van der Waals surface area contributed by atoms with Gasteiger partial charge >= 0.3 is 0 Å². The highest BCUT2D eigenvalue weighted by molar-refractivity contribution is 6.17. The van der Waals surface area contributed by atoms with E-state index in [0.29, 0.717) is 5.88 Å². The Labute approximate surface area is 100 Å². The first-order valence-electron chi connectivity index (χ1n) is 5.34. The lowest BCUT2D eigenvalue weighted by atomic mass is 10.2. The monoisotopic (exact) mass is 235 g/mol. The van der Waals surface area contributed by atoms with Gasteiger partial charge in [0.2, 0.25) is 0 Å². The third kappa shape index (κ3) is 2.61. The largest absolute Gasteiger partial charge is 0.220 e. The summed E-state index contributed by atoms with van der Waals surface area (Å²) < 4.78 is 1.80. The molecule has 0 atom stereocenters. The Morgan fingerprint density at radius 3 is 3.00 bits per heavy atom. The molecule has 1 aromatic heterocycles. The standard InChI is InChI=1S/C12H14ClN3/c1-10-4-2-6-12(8-10)16-9-11(14-15-16)5-3-7-13/h2,4,6,8-9H,3,5,7H2,1H3. The average Bonchev–Trinajstić information content (AvgIpc) is 2.75. The first-order valence-corrected chi connectivity index (χ1v) is 5.87. The molecule has 3 nitrogen and oxygen atoms in total. The van der Waals surface area contributed by atoms with E-state index < -0.39 is 0 Å². The predicted octanol–water partition coefficient (Wildman–Crippen LogP) is 2.75. The molecular formula is C12H14ClN3. The number of benzene rings is 1. The van der Waals surface area contributed by atoms with Gasteiger partial charge < -0.3 is 0 Å². The fourth-order valence-electron chi connectivity index (χ4n) is 1.56. The third-order valence-corrected chi connectivity index (χ3v) is 2.64. The molecule has 1 heterocycles. The van der Waals surface area contributed by atoms with Gasteiger partial charge in [-0.1, -0.05) is 17.3 Å². The van der Waals surface area contributed by atoms with Gasteiger partial charge in [-0.15, -0.1) is 16.7 Å². The van der Waals surface area contributed by atoms with E-state index in [2.05, 4.69) is 29.4 Å². The normalized spacial score (nSPS) is 10.6. The highest BCUT2D eigenvalue weighted by Gasteiger charge is 2.02. The molecule has 4 heteroatoms. The Kier molecular flexibility index (Phi) is 3.57. The van der Waals surface area contributed by atoms with E-state index in [0.717, 1.165) is 24.2 Å². The Hall–Kier alpha value is -1.35. The van der Waals surface area contributed by atoms with Crippen LogP contribution in [0.3, 0.4) is 0 Å². The molecule has 2 rings (SSSR count). The SMILES string of the molecule is Cc1cccc(-n2cc(CCCCl)nn2)c1. The van der Waals surface area contributed by atoms with Gasteiger partial charge in [0.05, 0.1) is 17.6 Å². The number of nitrogens with zero attached hydrogens (tertiary/aromatic N) is 3. The van der Waals surface area contributed by atoms with Crippen molar-refractivity contribution in [3.63, 3.8) is 0 Å². The molecule has 0 bridgehead atoms. The molecule has 1 aromatic carbocycles. The first-order chi connectivity index (χ1) is 7.79. The fraction of sp³-hybridized carbons (Fsp3) is 0.333. The van der Waals surface area contributed by atoms with E-state index in [1.165, 1.54) is 5.56 Å². The average molecular weight is 236 g/mol. The van der Waals surface area contributed by atoms with Gasteiger partial charge in [-0.05, 0) is 37.5 Å². The maximum atomic E-state index is 5.64. The summed E-state index contributed by atoms with van der Waals surface area (Å²) in [5, 5.41) is 8.22. The third-order valence-electron chi connectivity index (χ3n) is 2.37. The molecule has 2 aromatic rings. The summed E-state index contributed by atoms with van der Waals surface area (Å²) >= 11 is 5.64. The number of hydrogen-bond acceptors (Lipinski definition) is 2. The van der Waals surface area contributed by atoms with Crippen LogP contribution in [0.1, 0.15) is 17.7 Å². The van der Waals surface area contributed by atoms with Crippen molar-refractivity contribution in [3.05, 3.63) is 41.7 Å². The Morgan fingerprint density at radius 2 is 2.25 bits per heavy atom. The topological polar surface area (TPSA) is 30.7 Å². The van der Waals surface area contributed by atoms with Crippen molar-refractivity contribution in [2.75, 3.05) is 5.88 Å². The second-order valence-electron chi connectivity index (χ2n) is 3.79. The van der Waals surface area contributed by atoms with Gasteiger partial charge in [-0.2, -0.15) is 0 Å². The number of aromatic nitrogens is 3. The zero-order valence-electron chi connectivity index (χ0n) is 9.23. The molecule has 0 saturated heterocycles. The lowest BCUT2D eigenvalue weighted by molar-refractivity contribution is 0.791. The Balaban J connectivity index is 2.18. The van der Waals surface area contributed by atoms with Crippen molar-refractivity contribution in [2.24, 2.45) is 0 Å². The molecule has 0 unspecified atom stereocenters. The molecule has 0 radical (unpaired) electrons. The fourth-order valence-corrected chi connectivity index (χ4v) is 1.69. The number of rotatable bonds is 4. The van der Waals surface area contributed by atoms with Crippen LogP contribution in [0.5, 0.6) is 0 Å². The summed E-state index contributed by atoms with van der Waals surface area (Å²) in [6.07, 6.45) is 3.78. The van der Waals surface area contributed by atoms with Gasteiger partial charge in [-0.25, -0.2) is 4.68 Å². The molecule has 84 valence electrons. The van der Waals surface area contributed by atoms with Crippen molar-refractivity contribution in [1.29, 1.82) is 0 Å². The number of aryl methyl sites for hydroxylation is 2. The van der Waals surface area contributed by atoms with Crippen LogP contribution in [-0.2, 0) is 6.42 Å². The summed E-state index contributed by atoms with van der Waals surface area (Å²) in [5.74, 6) is 0.664. The van der Waals surface area contributed by atoms with E-state index in [-0.39, 0.29) is 0 Å². The van der Waals surface area contributed by atoms with Crippen LogP contribution in [0.15, 0.2) is 30.5 Å². The smallest absolute Gasteiger partial charge is 0.0832 e. The van der Waals surface area contributed by atoms with Crippen molar-refractivity contribution in [2.45, 2.75) is 19.8 Å². The van der Waals surface area contributed by atoms with E-state index in [4.69, 9.17) is 11.6 Å². The van der Waals surface area contributed by atoms with Crippen LogP contribution in [-0.4, -0.2) is 20.9 Å². The van der Waals surface area contributed by atoms with Gasteiger partial charge in [0.25, 0.3) is 0 Å². The minimum absolute atomic E-state index is 0.664. The van der Waals surface area contributed by atoms with E-state index in [1.54, 1.807) is 4.68 Å². The lowest BCUT2D eigenvalue weighted by Crippen LogP contribution is -1.94. The van der Waals surface area contributed by atoms with E-state index >= 15 is 0 Å². The van der Waals surface area contributed by atoms with Crippen LogP contribution in [0.25, 0.3) is 5.69 Å². The number of halogens is 1. The highest BCUT2D eigenvalue weighted by atomic mass is 35.5. The minimum Gasteiger partial charge on any atom is -0.220 e. The van der Waals surface area contributed by atoms with Crippen LogP contribution in [0.4, 0.5) is 0 Å². The molecule has 16 heavy (non-hydrogen) atoms. The van der Waals surface area contributed by atoms with E-state index in [9.17, 15) is 0 Å². The van der Waals surface area contributed by atoms with Crippen molar-refractivity contribution < 1.29 is 0 Å². The molecule has 0 fully saturated rings. The van der Waals surface area contributed by atoms with Crippen LogP contribution in [0, 0.1) is 6.92 Å². The summed E-state index contributed by atoms with van der Waals surface area (Å²) in [5.41, 5.74) is 3.25. The Morgan fingerprint density at radius 1 is 1.38 bits per heavy atom. The van der Waals surface area contributed by atoms with Crippen LogP contribution < -0.4 is 0 Å². The van der Waals surface area contributed by atoms with Crippen molar-refractivity contribution >= 4 is 11.6 Å². The molecule has 0 aliphatic carbocycles. The van der Waals surface area contributed by atoms with Gasteiger partial charge in [0.15, 0.2) is 0 Å². The summed E-state index contributed by atoms with van der Waals surface area (Å²) in [6, 6.07) is 8.19. The van der Waals surface area contributed by atoms with Crippen molar-refractivity contribution in [1.82, 2.24) is 15.0 Å². The maximum Gasteiger partial charge on any atom is 0.0832 e. The predicted molar refractivity (Wildman–Crippen MR) is 65.1 cm³/mol.